The molecule has 2 heteroatoms. The first-order valence-electron chi connectivity index (χ1n) is 8.28. The van der Waals surface area contributed by atoms with Crippen LogP contribution in [0, 0.1) is 11.8 Å². The molecule has 110 valence electrons. The predicted molar refractivity (Wildman–Crippen MR) is 83.1 cm³/mol. The highest BCUT2D eigenvalue weighted by molar-refractivity contribution is 5.08. The summed E-state index contributed by atoms with van der Waals surface area (Å²) in [6.07, 6.45) is 12.9. The molecule has 0 saturated heterocycles. The second-order valence-electron chi connectivity index (χ2n) is 7.00. The van der Waals surface area contributed by atoms with Crippen molar-refractivity contribution in [2.45, 2.75) is 70.8 Å². The van der Waals surface area contributed by atoms with Crippen LogP contribution in [0.1, 0.15) is 65.2 Å². The number of nitrogens with one attached hydrogen (secondary N) is 1. The van der Waals surface area contributed by atoms with Crippen LogP contribution in [-0.2, 0) is 0 Å². The van der Waals surface area contributed by atoms with Gasteiger partial charge in [-0.25, -0.2) is 0 Å². The van der Waals surface area contributed by atoms with Gasteiger partial charge in [0, 0.05) is 12.1 Å². The van der Waals surface area contributed by atoms with Gasteiger partial charge < -0.3 is 11.1 Å². The summed E-state index contributed by atoms with van der Waals surface area (Å²) in [5.74, 6) is 1.75. The van der Waals surface area contributed by atoms with E-state index >= 15 is 0 Å². The summed E-state index contributed by atoms with van der Waals surface area (Å²) in [6, 6.07) is 0. The standard InChI is InChI=1S/C17H32N2/c1-14(2)16-7-10-17(13-18,11-8-16)19-12-9-15-5-3-4-6-15/h5,14,16,19H,3-4,6-13,18H2,1-2H3. The summed E-state index contributed by atoms with van der Waals surface area (Å²) < 4.78 is 0. The lowest BCUT2D eigenvalue weighted by molar-refractivity contribution is 0.166. The van der Waals surface area contributed by atoms with Gasteiger partial charge in [0.05, 0.1) is 0 Å². The Morgan fingerprint density at radius 2 is 2.11 bits per heavy atom. The lowest BCUT2D eigenvalue weighted by Gasteiger charge is -2.41. The molecule has 0 amide bonds. The van der Waals surface area contributed by atoms with Crippen LogP contribution in [0.5, 0.6) is 0 Å². The molecule has 2 aliphatic rings. The molecule has 0 unspecified atom stereocenters. The van der Waals surface area contributed by atoms with Gasteiger partial charge in [-0.15, -0.1) is 0 Å². The van der Waals surface area contributed by atoms with E-state index < -0.39 is 0 Å². The normalized spacial score (nSPS) is 31.8. The first-order chi connectivity index (χ1) is 9.15. The summed E-state index contributed by atoms with van der Waals surface area (Å²) in [6.45, 7) is 6.65. The predicted octanol–water partition coefficient (Wildman–Crippen LogP) is 3.62. The topological polar surface area (TPSA) is 38.0 Å². The van der Waals surface area contributed by atoms with Gasteiger partial charge in [-0.2, -0.15) is 0 Å². The first-order valence-corrected chi connectivity index (χ1v) is 8.28. The third kappa shape index (κ3) is 4.06. The minimum atomic E-state index is 0.241. The molecule has 3 N–H and O–H groups in total. The molecular formula is C17H32N2. The van der Waals surface area contributed by atoms with E-state index in [1.807, 2.05) is 0 Å². The number of allylic oxidation sites excluding steroid dienone is 1. The third-order valence-corrected chi connectivity index (χ3v) is 5.40. The van der Waals surface area contributed by atoms with Crippen molar-refractivity contribution in [3.05, 3.63) is 11.6 Å². The van der Waals surface area contributed by atoms with E-state index in [9.17, 15) is 0 Å². The van der Waals surface area contributed by atoms with Crippen LogP contribution in [0.3, 0.4) is 0 Å². The minimum absolute atomic E-state index is 0.241. The molecule has 2 nitrogen and oxygen atoms in total. The molecular weight excluding hydrogens is 232 g/mol. The van der Waals surface area contributed by atoms with Crippen molar-refractivity contribution in [2.75, 3.05) is 13.1 Å². The quantitative estimate of drug-likeness (QED) is 0.719. The second kappa shape index (κ2) is 6.90. The van der Waals surface area contributed by atoms with E-state index in [1.165, 1.54) is 51.4 Å². The maximum absolute atomic E-state index is 6.08. The van der Waals surface area contributed by atoms with Gasteiger partial charge in [0.1, 0.15) is 0 Å². The van der Waals surface area contributed by atoms with Gasteiger partial charge in [0.25, 0.3) is 0 Å². The number of rotatable bonds is 6. The van der Waals surface area contributed by atoms with Crippen molar-refractivity contribution in [1.82, 2.24) is 5.32 Å². The Morgan fingerprint density at radius 1 is 1.37 bits per heavy atom. The van der Waals surface area contributed by atoms with Crippen molar-refractivity contribution in [1.29, 1.82) is 0 Å². The summed E-state index contributed by atoms with van der Waals surface area (Å²) in [4.78, 5) is 0. The molecule has 0 aliphatic heterocycles. The van der Waals surface area contributed by atoms with Crippen LogP contribution in [0.4, 0.5) is 0 Å². The Labute approximate surface area is 119 Å². The Balaban J connectivity index is 1.76. The second-order valence-corrected chi connectivity index (χ2v) is 7.00. The fraction of sp³-hybridized carbons (Fsp3) is 0.882. The van der Waals surface area contributed by atoms with Crippen LogP contribution in [0.2, 0.25) is 0 Å². The van der Waals surface area contributed by atoms with Crippen LogP contribution >= 0.6 is 0 Å². The van der Waals surface area contributed by atoms with E-state index in [4.69, 9.17) is 5.73 Å². The zero-order valence-corrected chi connectivity index (χ0v) is 12.9. The maximum atomic E-state index is 6.08. The molecule has 0 aromatic heterocycles. The van der Waals surface area contributed by atoms with E-state index in [2.05, 4.69) is 25.2 Å². The lowest BCUT2D eigenvalue weighted by atomic mass is 9.73. The molecule has 0 radical (unpaired) electrons. The SMILES string of the molecule is CC(C)C1CCC(CN)(NCCC2=CCCC2)CC1. The van der Waals surface area contributed by atoms with Gasteiger partial charge in [0.2, 0.25) is 0 Å². The van der Waals surface area contributed by atoms with Gasteiger partial charge in [0.15, 0.2) is 0 Å². The van der Waals surface area contributed by atoms with E-state index in [-0.39, 0.29) is 5.54 Å². The first kappa shape index (κ1) is 15.1. The third-order valence-electron chi connectivity index (χ3n) is 5.40. The van der Waals surface area contributed by atoms with Crippen LogP contribution < -0.4 is 11.1 Å². The minimum Gasteiger partial charge on any atom is -0.329 e. The van der Waals surface area contributed by atoms with Crippen LogP contribution in [0.25, 0.3) is 0 Å². The van der Waals surface area contributed by atoms with Gasteiger partial charge >= 0.3 is 0 Å². The molecule has 0 spiro atoms. The highest BCUT2D eigenvalue weighted by atomic mass is 15.0. The van der Waals surface area contributed by atoms with Crippen molar-refractivity contribution < 1.29 is 0 Å². The van der Waals surface area contributed by atoms with Gasteiger partial charge in [-0.3, -0.25) is 0 Å². The zero-order chi connectivity index (χ0) is 13.7. The largest absolute Gasteiger partial charge is 0.329 e. The average molecular weight is 264 g/mol. The zero-order valence-electron chi connectivity index (χ0n) is 12.9. The molecule has 1 saturated carbocycles. The van der Waals surface area contributed by atoms with Crippen molar-refractivity contribution >= 4 is 0 Å². The number of nitrogens with two attached hydrogens (primary N) is 1. The molecule has 19 heavy (non-hydrogen) atoms. The molecule has 2 rings (SSSR count). The highest BCUT2D eigenvalue weighted by Gasteiger charge is 2.34. The summed E-state index contributed by atoms with van der Waals surface area (Å²) >= 11 is 0. The summed E-state index contributed by atoms with van der Waals surface area (Å²) in [5, 5.41) is 3.81. The highest BCUT2D eigenvalue weighted by Crippen LogP contribution is 2.35. The number of hydrogen-bond donors (Lipinski definition) is 2. The molecule has 0 aromatic rings. The molecule has 1 fully saturated rings. The van der Waals surface area contributed by atoms with E-state index in [0.29, 0.717) is 0 Å². The van der Waals surface area contributed by atoms with Crippen LogP contribution in [0.15, 0.2) is 11.6 Å². The molecule has 2 aliphatic carbocycles. The number of hydrogen-bond acceptors (Lipinski definition) is 2. The monoisotopic (exact) mass is 264 g/mol. The van der Waals surface area contributed by atoms with Crippen LogP contribution in [-0.4, -0.2) is 18.6 Å². The maximum Gasteiger partial charge on any atom is 0.0304 e. The summed E-state index contributed by atoms with van der Waals surface area (Å²) in [5.41, 5.74) is 7.98. The van der Waals surface area contributed by atoms with Crippen molar-refractivity contribution in [2.24, 2.45) is 17.6 Å². The average Bonchev–Trinajstić information content (AvgIpc) is 2.92. The van der Waals surface area contributed by atoms with Crippen molar-refractivity contribution in [3.8, 4) is 0 Å². The Bertz CT molecular complexity index is 298. The fourth-order valence-corrected chi connectivity index (χ4v) is 3.77. The van der Waals surface area contributed by atoms with E-state index in [1.54, 1.807) is 5.57 Å². The lowest BCUT2D eigenvalue weighted by Crippen LogP contribution is -2.53. The Morgan fingerprint density at radius 3 is 2.63 bits per heavy atom. The fourth-order valence-electron chi connectivity index (χ4n) is 3.77. The molecule has 0 bridgehead atoms. The molecule has 0 atom stereocenters. The van der Waals surface area contributed by atoms with E-state index in [0.717, 1.165) is 24.9 Å². The Kier molecular flexibility index (Phi) is 5.47. The van der Waals surface area contributed by atoms with Crippen molar-refractivity contribution in [3.63, 3.8) is 0 Å². The molecule has 0 heterocycles. The van der Waals surface area contributed by atoms with Gasteiger partial charge in [-0.1, -0.05) is 25.5 Å². The molecule has 0 aromatic carbocycles. The smallest absolute Gasteiger partial charge is 0.0304 e. The summed E-state index contributed by atoms with van der Waals surface area (Å²) in [7, 11) is 0. The van der Waals surface area contributed by atoms with Gasteiger partial charge in [-0.05, 0) is 69.7 Å². The Hall–Kier alpha value is -0.340.